The van der Waals surface area contributed by atoms with E-state index in [9.17, 15) is 9.90 Å². The van der Waals surface area contributed by atoms with Crippen LogP contribution in [0.25, 0.3) is 0 Å². The molecule has 0 radical (unpaired) electrons. The van der Waals surface area contributed by atoms with Gasteiger partial charge in [0.25, 0.3) is 5.56 Å². The first kappa shape index (κ1) is 18.1. The zero-order valence-corrected chi connectivity index (χ0v) is 15.6. The molecule has 0 aliphatic carbocycles. The van der Waals surface area contributed by atoms with Crippen molar-refractivity contribution in [2.24, 2.45) is 5.92 Å². The van der Waals surface area contributed by atoms with E-state index < -0.39 is 6.10 Å². The van der Waals surface area contributed by atoms with E-state index in [0.717, 1.165) is 37.5 Å². The fourth-order valence-electron chi connectivity index (χ4n) is 4.38. The van der Waals surface area contributed by atoms with Crippen molar-refractivity contribution in [3.8, 4) is 11.5 Å². The molecule has 3 atom stereocenters. The van der Waals surface area contributed by atoms with Crippen LogP contribution < -0.4 is 15.0 Å². The van der Waals surface area contributed by atoms with Crippen molar-refractivity contribution in [2.75, 3.05) is 33.4 Å². The maximum Gasteiger partial charge on any atom is 0.250 e. The van der Waals surface area contributed by atoms with Gasteiger partial charge in [0, 0.05) is 49.9 Å². The monoisotopic (exact) mass is 370 g/mol. The Morgan fingerprint density at radius 2 is 1.96 bits per heavy atom. The second-order valence-electron chi connectivity index (χ2n) is 7.56. The SMILES string of the molecule is COc1cccc(OC[C@H](O)CN2C[C@@H]3C[C@H](C2)c2cccc(=O)n2C3)c1. The number of β-amino-alcohol motifs (C(OH)–C–C–N with tert-alkyl or cyclic N) is 1. The average Bonchev–Trinajstić information content (AvgIpc) is 2.67. The number of piperidine rings is 1. The Morgan fingerprint density at radius 1 is 1.15 bits per heavy atom. The smallest absolute Gasteiger partial charge is 0.250 e. The van der Waals surface area contributed by atoms with Crippen molar-refractivity contribution < 1.29 is 14.6 Å². The predicted octanol–water partition coefficient (Wildman–Crippen LogP) is 1.72. The standard InChI is InChI=1S/C21H26N2O4/c1-26-18-4-2-5-19(9-18)27-14-17(24)13-22-10-15-8-16(12-22)20-6-3-7-21(25)23(20)11-15/h2-7,9,15-17,24H,8,10-14H2,1H3/t15-,16+,17+/m0/s1. The number of methoxy groups -OCH3 is 1. The third-order valence-corrected chi connectivity index (χ3v) is 5.51. The van der Waals surface area contributed by atoms with Crippen molar-refractivity contribution >= 4 is 0 Å². The molecule has 2 aliphatic rings. The Balaban J connectivity index is 1.34. The number of hydrogen-bond acceptors (Lipinski definition) is 5. The number of likely N-dealkylation sites (tertiary alicyclic amines) is 1. The van der Waals surface area contributed by atoms with Crippen molar-refractivity contribution in [1.82, 2.24) is 9.47 Å². The summed E-state index contributed by atoms with van der Waals surface area (Å²) in [5.41, 5.74) is 1.23. The van der Waals surface area contributed by atoms with Crippen molar-refractivity contribution in [3.05, 3.63) is 58.5 Å². The third-order valence-electron chi connectivity index (χ3n) is 5.51. The number of aromatic nitrogens is 1. The van der Waals surface area contributed by atoms with Crippen LogP contribution in [0.4, 0.5) is 0 Å². The zero-order chi connectivity index (χ0) is 18.8. The van der Waals surface area contributed by atoms with Crippen LogP contribution in [-0.2, 0) is 6.54 Å². The van der Waals surface area contributed by atoms with Gasteiger partial charge in [-0.3, -0.25) is 9.69 Å². The number of pyridine rings is 1. The van der Waals surface area contributed by atoms with Crippen molar-refractivity contribution in [3.63, 3.8) is 0 Å². The second kappa shape index (κ2) is 7.74. The van der Waals surface area contributed by atoms with E-state index in [1.54, 1.807) is 13.2 Å². The molecule has 0 amide bonds. The molecule has 0 spiro atoms. The van der Waals surface area contributed by atoms with Gasteiger partial charge >= 0.3 is 0 Å². The summed E-state index contributed by atoms with van der Waals surface area (Å²) in [5.74, 6) is 2.25. The van der Waals surface area contributed by atoms with Gasteiger partial charge < -0.3 is 19.1 Å². The molecule has 1 saturated heterocycles. The minimum absolute atomic E-state index is 0.0994. The van der Waals surface area contributed by atoms with E-state index in [0.29, 0.717) is 24.1 Å². The van der Waals surface area contributed by atoms with Crippen molar-refractivity contribution in [1.29, 1.82) is 0 Å². The van der Waals surface area contributed by atoms with Crippen LogP contribution in [0, 0.1) is 5.92 Å². The van der Waals surface area contributed by atoms with Gasteiger partial charge in [0.2, 0.25) is 0 Å². The summed E-state index contributed by atoms with van der Waals surface area (Å²) in [6, 6.07) is 13.0. The predicted molar refractivity (Wildman–Crippen MR) is 102 cm³/mol. The maximum atomic E-state index is 12.1. The van der Waals surface area contributed by atoms with Gasteiger partial charge in [-0.2, -0.15) is 0 Å². The van der Waals surface area contributed by atoms with Crippen LogP contribution in [0.2, 0.25) is 0 Å². The number of rotatable bonds is 6. The minimum atomic E-state index is -0.562. The van der Waals surface area contributed by atoms with Gasteiger partial charge in [-0.15, -0.1) is 0 Å². The molecule has 1 N–H and O–H groups in total. The molecular weight excluding hydrogens is 344 g/mol. The van der Waals surface area contributed by atoms with Gasteiger partial charge in [0.1, 0.15) is 24.2 Å². The molecule has 2 aliphatic heterocycles. The van der Waals surface area contributed by atoms with E-state index in [4.69, 9.17) is 9.47 Å². The molecule has 3 heterocycles. The molecule has 1 aromatic heterocycles. The first-order valence-electron chi connectivity index (χ1n) is 9.49. The van der Waals surface area contributed by atoms with E-state index >= 15 is 0 Å². The normalized spacial score (nSPS) is 22.7. The first-order chi connectivity index (χ1) is 13.1. The summed E-state index contributed by atoms with van der Waals surface area (Å²) in [7, 11) is 1.62. The van der Waals surface area contributed by atoms with Crippen LogP contribution in [0.3, 0.4) is 0 Å². The number of nitrogens with zero attached hydrogens (tertiary/aromatic N) is 2. The summed E-state index contributed by atoms with van der Waals surface area (Å²) in [5, 5.41) is 10.4. The van der Waals surface area contributed by atoms with Gasteiger partial charge in [0.05, 0.1) is 7.11 Å². The quantitative estimate of drug-likeness (QED) is 0.839. The van der Waals surface area contributed by atoms with E-state index in [1.807, 2.05) is 34.9 Å². The lowest BCUT2D eigenvalue weighted by Gasteiger charge is -2.43. The summed E-state index contributed by atoms with van der Waals surface area (Å²) in [6.45, 7) is 3.38. The topological polar surface area (TPSA) is 63.9 Å². The van der Waals surface area contributed by atoms with Crippen LogP contribution in [0.1, 0.15) is 18.0 Å². The Kier molecular flexibility index (Phi) is 5.18. The van der Waals surface area contributed by atoms with Crippen LogP contribution >= 0.6 is 0 Å². The number of hydrogen-bond donors (Lipinski definition) is 1. The maximum absolute atomic E-state index is 12.1. The Morgan fingerprint density at radius 3 is 2.81 bits per heavy atom. The highest BCUT2D eigenvalue weighted by molar-refractivity contribution is 5.32. The summed E-state index contributed by atoms with van der Waals surface area (Å²) < 4.78 is 12.8. The van der Waals surface area contributed by atoms with Crippen LogP contribution in [-0.4, -0.2) is 54.0 Å². The Bertz CT molecular complexity index is 850. The van der Waals surface area contributed by atoms with Gasteiger partial charge in [-0.25, -0.2) is 0 Å². The molecule has 144 valence electrons. The summed E-state index contributed by atoms with van der Waals surface area (Å²) in [6.07, 6.45) is 0.559. The minimum Gasteiger partial charge on any atom is -0.497 e. The molecular formula is C21H26N2O4. The molecule has 1 fully saturated rings. The molecule has 0 unspecified atom stereocenters. The van der Waals surface area contributed by atoms with E-state index in [2.05, 4.69) is 11.0 Å². The average molecular weight is 370 g/mol. The van der Waals surface area contributed by atoms with Gasteiger partial charge in [-0.05, 0) is 30.5 Å². The summed E-state index contributed by atoms with van der Waals surface area (Å²) in [4.78, 5) is 14.4. The summed E-state index contributed by atoms with van der Waals surface area (Å²) >= 11 is 0. The molecule has 1 aromatic carbocycles. The Labute approximate surface area is 158 Å². The lowest BCUT2D eigenvalue weighted by atomic mass is 9.83. The Hall–Kier alpha value is -2.31. The fraction of sp³-hybridized carbons (Fsp3) is 0.476. The molecule has 27 heavy (non-hydrogen) atoms. The van der Waals surface area contributed by atoms with Crippen molar-refractivity contribution in [2.45, 2.75) is 25.0 Å². The number of fused-ring (bicyclic) bond motifs is 4. The first-order valence-corrected chi connectivity index (χ1v) is 9.49. The fourth-order valence-corrected chi connectivity index (χ4v) is 4.38. The van der Waals surface area contributed by atoms with Gasteiger partial charge in [0.15, 0.2) is 0 Å². The van der Waals surface area contributed by atoms with E-state index in [-0.39, 0.29) is 12.2 Å². The molecule has 2 aromatic rings. The second-order valence-corrected chi connectivity index (χ2v) is 7.56. The zero-order valence-electron chi connectivity index (χ0n) is 15.6. The highest BCUT2D eigenvalue weighted by Gasteiger charge is 2.34. The van der Waals surface area contributed by atoms with Gasteiger partial charge in [-0.1, -0.05) is 12.1 Å². The third kappa shape index (κ3) is 4.01. The largest absolute Gasteiger partial charge is 0.497 e. The number of aliphatic hydroxyl groups is 1. The number of aliphatic hydroxyl groups excluding tert-OH is 1. The van der Waals surface area contributed by atoms with E-state index in [1.165, 1.54) is 0 Å². The lowest BCUT2D eigenvalue weighted by Crippen LogP contribution is -2.49. The van der Waals surface area contributed by atoms with Crippen LogP contribution in [0.5, 0.6) is 11.5 Å². The highest BCUT2D eigenvalue weighted by Crippen LogP contribution is 2.34. The molecule has 2 bridgehead atoms. The molecule has 6 heteroatoms. The molecule has 0 saturated carbocycles. The highest BCUT2D eigenvalue weighted by atomic mass is 16.5. The number of benzene rings is 1. The molecule has 4 rings (SSSR count). The molecule has 6 nitrogen and oxygen atoms in total. The number of ether oxygens (including phenoxy) is 2. The lowest BCUT2D eigenvalue weighted by molar-refractivity contribution is 0.0383. The van der Waals surface area contributed by atoms with Crippen LogP contribution in [0.15, 0.2) is 47.3 Å².